The molecule has 26 heavy (non-hydrogen) atoms. The van der Waals surface area contributed by atoms with Gasteiger partial charge in [0.1, 0.15) is 5.54 Å². The van der Waals surface area contributed by atoms with Crippen LogP contribution in [0.5, 0.6) is 0 Å². The molecule has 3 amide bonds. The summed E-state index contributed by atoms with van der Waals surface area (Å²) in [6.45, 7) is -0.106. The number of fused-ring (bicyclic) bond motifs is 1. The molecule has 0 saturated carbocycles. The number of carbonyl (C=O) groups excluding carboxylic acids is 2. The predicted octanol–water partition coefficient (Wildman–Crippen LogP) is 2.57. The Labute approximate surface area is 149 Å². The van der Waals surface area contributed by atoms with Gasteiger partial charge in [-0.25, -0.2) is 4.79 Å². The van der Waals surface area contributed by atoms with Gasteiger partial charge in [-0.2, -0.15) is 0 Å². The van der Waals surface area contributed by atoms with Crippen LogP contribution in [0.3, 0.4) is 0 Å². The first-order valence-electron chi connectivity index (χ1n) is 8.43. The van der Waals surface area contributed by atoms with E-state index in [1.54, 1.807) is 18.2 Å². The van der Waals surface area contributed by atoms with Crippen molar-refractivity contribution in [3.05, 3.63) is 75.3 Å². The number of imide groups is 1. The van der Waals surface area contributed by atoms with E-state index >= 15 is 0 Å². The monoisotopic (exact) mass is 351 g/mol. The molecule has 2 aliphatic rings. The molecule has 7 nitrogen and oxygen atoms in total. The van der Waals surface area contributed by atoms with Gasteiger partial charge in [0.25, 0.3) is 11.6 Å². The van der Waals surface area contributed by atoms with E-state index in [9.17, 15) is 19.7 Å². The van der Waals surface area contributed by atoms with Crippen LogP contribution in [0, 0.1) is 10.1 Å². The lowest BCUT2D eigenvalue weighted by Crippen LogP contribution is -2.51. The molecule has 132 valence electrons. The van der Waals surface area contributed by atoms with Crippen LogP contribution in [0.2, 0.25) is 0 Å². The third-order valence-corrected chi connectivity index (χ3v) is 5.19. The van der Waals surface area contributed by atoms with Gasteiger partial charge in [-0.3, -0.25) is 19.8 Å². The summed E-state index contributed by atoms with van der Waals surface area (Å²) in [4.78, 5) is 37.3. The van der Waals surface area contributed by atoms with E-state index in [2.05, 4.69) is 5.32 Å². The topological polar surface area (TPSA) is 92.6 Å². The Balaban J connectivity index is 1.62. The van der Waals surface area contributed by atoms with Crippen LogP contribution < -0.4 is 5.32 Å². The fourth-order valence-corrected chi connectivity index (χ4v) is 3.84. The molecule has 0 aromatic heterocycles. The van der Waals surface area contributed by atoms with Gasteiger partial charge in [-0.15, -0.1) is 0 Å². The van der Waals surface area contributed by atoms with Gasteiger partial charge in [0, 0.05) is 18.1 Å². The number of hydrogen-bond donors (Lipinski definition) is 1. The van der Waals surface area contributed by atoms with E-state index in [4.69, 9.17) is 0 Å². The van der Waals surface area contributed by atoms with Crippen LogP contribution in [0.25, 0.3) is 0 Å². The van der Waals surface area contributed by atoms with Crippen molar-refractivity contribution in [1.29, 1.82) is 0 Å². The van der Waals surface area contributed by atoms with Gasteiger partial charge < -0.3 is 5.32 Å². The Hall–Kier alpha value is -3.22. The molecule has 7 heteroatoms. The lowest BCUT2D eigenvalue weighted by Gasteiger charge is -2.32. The average Bonchev–Trinajstić information content (AvgIpc) is 2.86. The molecule has 2 aromatic rings. The minimum absolute atomic E-state index is 0.0944. The summed E-state index contributed by atoms with van der Waals surface area (Å²) in [7, 11) is 0. The highest BCUT2D eigenvalue weighted by Gasteiger charge is 2.52. The number of nitrogens with zero attached hydrogens (tertiary/aromatic N) is 2. The summed E-state index contributed by atoms with van der Waals surface area (Å²) in [5, 5.41) is 14.0. The maximum atomic E-state index is 13.1. The first-order valence-corrected chi connectivity index (χ1v) is 8.43. The fourth-order valence-electron chi connectivity index (χ4n) is 3.84. The fraction of sp³-hybridized carbons (Fsp3) is 0.263. The van der Waals surface area contributed by atoms with Gasteiger partial charge in [-0.05, 0) is 24.0 Å². The molecule has 1 unspecified atom stereocenters. The number of hydrogen-bond acceptors (Lipinski definition) is 4. The molecule has 0 radical (unpaired) electrons. The summed E-state index contributed by atoms with van der Waals surface area (Å²) >= 11 is 0. The van der Waals surface area contributed by atoms with Gasteiger partial charge in [-0.1, -0.05) is 42.5 Å². The van der Waals surface area contributed by atoms with Crippen molar-refractivity contribution >= 4 is 17.6 Å². The van der Waals surface area contributed by atoms with Crippen molar-refractivity contribution in [2.45, 2.75) is 31.3 Å². The van der Waals surface area contributed by atoms with Crippen molar-refractivity contribution in [3.63, 3.8) is 0 Å². The van der Waals surface area contributed by atoms with E-state index in [-0.39, 0.29) is 18.1 Å². The highest BCUT2D eigenvalue weighted by molar-refractivity contribution is 6.07. The zero-order chi connectivity index (χ0) is 18.3. The van der Waals surface area contributed by atoms with Crippen molar-refractivity contribution in [2.75, 3.05) is 0 Å². The highest BCUT2D eigenvalue weighted by Crippen LogP contribution is 2.34. The molecule has 1 fully saturated rings. The largest absolute Gasteiger partial charge is 0.325 e. The maximum absolute atomic E-state index is 13.1. The van der Waals surface area contributed by atoms with Gasteiger partial charge in [0.2, 0.25) is 0 Å². The van der Waals surface area contributed by atoms with Crippen molar-refractivity contribution in [3.8, 4) is 0 Å². The Kier molecular flexibility index (Phi) is 3.72. The van der Waals surface area contributed by atoms with Crippen molar-refractivity contribution in [1.82, 2.24) is 10.2 Å². The standard InChI is InChI=1S/C19H17N3O4/c23-17-19(10-9-13-5-1-2-6-14(13)11-19)20-18(24)21(17)12-15-7-3-4-8-16(15)22(25)26/h1-8H,9-12H2,(H,20,24). The number of urea groups is 1. The van der Waals surface area contributed by atoms with Gasteiger partial charge in [0.05, 0.1) is 11.5 Å². The smallest absolute Gasteiger partial charge is 0.323 e. The van der Waals surface area contributed by atoms with E-state index < -0.39 is 16.5 Å². The minimum atomic E-state index is -0.949. The molecule has 1 heterocycles. The van der Waals surface area contributed by atoms with Crippen LogP contribution in [0.4, 0.5) is 10.5 Å². The van der Waals surface area contributed by atoms with E-state index in [0.29, 0.717) is 24.8 Å². The van der Waals surface area contributed by atoms with E-state index in [1.165, 1.54) is 11.6 Å². The molecular weight excluding hydrogens is 334 g/mol. The molecule has 1 saturated heterocycles. The Morgan fingerprint density at radius 1 is 1.08 bits per heavy atom. The predicted molar refractivity (Wildman–Crippen MR) is 93.4 cm³/mol. The normalized spacial score (nSPS) is 21.6. The molecule has 4 rings (SSSR count). The number of carbonyl (C=O) groups is 2. The molecule has 1 spiro atoms. The van der Waals surface area contributed by atoms with Crippen LogP contribution in [0.1, 0.15) is 23.1 Å². The van der Waals surface area contributed by atoms with Gasteiger partial charge >= 0.3 is 6.03 Å². The lowest BCUT2D eigenvalue weighted by atomic mass is 9.78. The lowest BCUT2D eigenvalue weighted by molar-refractivity contribution is -0.385. The van der Waals surface area contributed by atoms with Crippen LogP contribution in [-0.2, 0) is 24.2 Å². The van der Waals surface area contributed by atoms with Crippen molar-refractivity contribution < 1.29 is 14.5 Å². The number of amides is 3. The number of nitrogens with one attached hydrogen (secondary N) is 1. The molecule has 2 aromatic carbocycles. The van der Waals surface area contributed by atoms with E-state index in [1.807, 2.05) is 24.3 Å². The molecule has 0 bridgehead atoms. The third-order valence-electron chi connectivity index (χ3n) is 5.19. The second-order valence-corrected chi connectivity index (χ2v) is 6.73. The number of benzene rings is 2. The van der Waals surface area contributed by atoms with Gasteiger partial charge in [0.15, 0.2) is 0 Å². The van der Waals surface area contributed by atoms with Crippen LogP contribution >= 0.6 is 0 Å². The summed E-state index contributed by atoms with van der Waals surface area (Å²) < 4.78 is 0. The first kappa shape index (κ1) is 16.3. The molecule has 1 atom stereocenters. The quantitative estimate of drug-likeness (QED) is 0.522. The summed E-state index contributed by atoms with van der Waals surface area (Å²) in [5.74, 6) is -0.310. The van der Waals surface area contributed by atoms with Crippen molar-refractivity contribution in [2.24, 2.45) is 0 Å². The van der Waals surface area contributed by atoms with Crippen LogP contribution in [0.15, 0.2) is 48.5 Å². The second-order valence-electron chi connectivity index (χ2n) is 6.73. The number of nitro groups is 1. The highest BCUT2D eigenvalue weighted by atomic mass is 16.6. The summed E-state index contributed by atoms with van der Waals surface area (Å²) in [6, 6.07) is 13.6. The minimum Gasteiger partial charge on any atom is -0.323 e. The Morgan fingerprint density at radius 3 is 2.54 bits per heavy atom. The number of nitro benzene ring substituents is 1. The molecule has 1 aliphatic heterocycles. The summed E-state index contributed by atoms with van der Waals surface area (Å²) in [5.41, 5.74) is 1.55. The number of aryl methyl sites for hydroxylation is 1. The Bertz CT molecular complexity index is 927. The Morgan fingerprint density at radius 2 is 1.77 bits per heavy atom. The third kappa shape index (κ3) is 2.52. The molecular formula is C19H17N3O4. The maximum Gasteiger partial charge on any atom is 0.325 e. The molecule has 1 aliphatic carbocycles. The average molecular weight is 351 g/mol. The number of rotatable bonds is 3. The van der Waals surface area contributed by atoms with E-state index in [0.717, 1.165) is 10.5 Å². The first-order chi connectivity index (χ1) is 12.5. The zero-order valence-electron chi connectivity index (χ0n) is 14.0. The van der Waals surface area contributed by atoms with Crippen LogP contribution in [-0.4, -0.2) is 27.3 Å². The number of para-hydroxylation sites is 1. The molecule has 1 N–H and O–H groups in total. The zero-order valence-corrected chi connectivity index (χ0v) is 14.0. The SMILES string of the molecule is O=C1NC2(CCc3ccccc3C2)C(=O)N1Cc1ccccc1[N+](=O)[O-]. The second kappa shape index (κ2) is 5.94. The summed E-state index contributed by atoms with van der Waals surface area (Å²) in [6.07, 6.45) is 1.69.